The summed E-state index contributed by atoms with van der Waals surface area (Å²) in [5.41, 5.74) is 1.17. The molecule has 0 saturated heterocycles. The fourth-order valence-corrected chi connectivity index (χ4v) is 1.71. The van der Waals surface area contributed by atoms with Gasteiger partial charge in [-0.2, -0.15) is 0 Å². The van der Waals surface area contributed by atoms with Gasteiger partial charge in [0.1, 0.15) is 5.75 Å². The fraction of sp³-hybridized carbons (Fsp3) is 0.500. The Labute approximate surface area is 102 Å². The van der Waals surface area contributed by atoms with Crippen molar-refractivity contribution in [3.05, 3.63) is 29.8 Å². The number of methoxy groups -OCH3 is 1. The van der Waals surface area contributed by atoms with Gasteiger partial charge in [-0.25, -0.2) is 0 Å². The summed E-state index contributed by atoms with van der Waals surface area (Å²) in [4.78, 5) is 2.23. The first-order chi connectivity index (χ1) is 7.76. The molecular formula is C12H18ClNO2. The molecule has 3 nitrogen and oxygen atoms in total. The highest BCUT2D eigenvalue weighted by Crippen LogP contribution is 2.11. The maximum Gasteiger partial charge on any atom is 0.115 e. The molecule has 1 aromatic carbocycles. The van der Waals surface area contributed by atoms with Crippen molar-refractivity contribution >= 4 is 11.6 Å². The van der Waals surface area contributed by atoms with Crippen molar-refractivity contribution in [3.8, 4) is 5.75 Å². The van der Waals surface area contributed by atoms with E-state index < -0.39 is 0 Å². The minimum atomic E-state index is 0.296. The molecule has 90 valence electrons. The highest BCUT2D eigenvalue weighted by atomic mass is 35.5. The number of alkyl halides is 1. The third-order valence-corrected chi connectivity index (χ3v) is 2.52. The highest BCUT2D eigenvalue weighted by molar-refractivity contribution is 6.18. The topological polar surface area (TPSA) is 32.7 Å². The number of rotatable bonds is 7. The number of halogens is 1. The van der Waals surface area contributed by atoms with Gasteiger partial charge in [0.2, 0.25) is 0 Å². The number of aromatic hydroxyl groups is 1. The molecule has 16 heavy (non-hydrogen) atoms. The molecule has 0 fully saturated rings. The second-order valence-corrected chi connectivity index (χ2v) is 4.00. The zero-order valence-corrected chi connectivity index (χ0v) is 10.3. The van der Waals surface area contributed by atoms with Gasteiger partial charge in [0, 0.05) is 32.6 Å². The molecule has 1 aromatic rings. The first-order valence-electron chi connectivity index (χ1n) is 5.31. The summed E-state index contributed by atoms with van der Waals surface area (Å²) in [7, 11) is 1.69. The van der Waals surface area contributed by atoms with Crippen LogP contribution in [-0.2, 0) is 11.3 Å². The summed E-state index contributed by atoms with van der Waals surface area (Å²) in [6, 6.07) is 7.24. The third-order valence-electron chi connectivity index (χ3n) is 2.35. The van der Waals surface area contributed by atoms with Crippen molar-refractivity contribution in [1.82, 2.24) is 4.90 Å². The van der Waals surface area contributed by atoms with Crippen LogP contribution in [0.25, 0.3) is 0 Å². The summed E-state index contributed by atoms with van der Waals surface area (Å²) >= 11 is 5.74. The van der Waals surface area contributed by atoms with Crippen LogP contribution in [0.3, 0.4) is 0 Å². The Morgan fingerprint density at radius 3 is 2.50 bits per heavy atom. The van der Waals surface area contributed by atoms with Gasteiger partial charge in [-0.3, -0.25) is 4.90 Å². The van der Waals surface area contributed by atoms with Crippen molar-refractivity contribution in [3.63, 3.8) is 0 Å². The molecule has 0 spiro atoms. The van der Waals surface area contributed by atoms with Crippen molar-refractivity contribution in [2.45, 2.75) is 6.54 Å². The minimum Gasteiger partial charge on any atom is -0.508 e. The van der Waals surface area contributed by atoms with Crippen LogP contribution in [0, 0.1) is 0 Å². The smallest absolute Gasteiger partial charge is 0.115 e. The van der Waals surface area contributed by atoms with Crippen LogP contribution >= 0.6 is 11.6 Å². The van der Waals surface area contributed by atoms with E-state index in [0.717, 1.165) is 19.6 Å². The first kappa shape index (κ1) is 13.3. The number of benzene rings is 1. The van der Waals surface area contributed by atoms with E-state index in [1.54, 1.807) is 19.2 Å². The fourth-order valence-electron chi connectivity index (χ4n) is 1.47. The third kappa shape index (κ3) is 4.84. The second-order valence-electron chi connectivity index (χ2n) is 3.62. The Bertz CT molecular complexity index is 290. The molecule has 0 saturated carbocycles. The lowest BCUT2D eigenvalue weighted by Gasteiger charge is -2.20. The first-order valence-corrected chi connectivity index (χ1v) is 5.85. The quantitative estimate of drug-likeness (QED) is 0.745. The Kier molecular flexibility index (Phi) is 6.23. The maximum atomic E-state index is 9.18. The van der Waals surface area contributed by atoms with Gasteiger partial charge in [-0.15, -0.1) is 11.6 Å². The van der Waals surface area contributed by atoms with Gasteiger partial charge in [0.05, 0.1) is 6.61 Å². The van der Waals surface area contributed by atoms with Gasteiger partial charge in [-0.1, -0.05) is 12.1 Å². The number of phenolic OH excluding ortho intramolecular Hbond substituents is 1. The Hall–Kier alpha value is -0.770. The van der Waals surface area contributed by atoms with Crippen molar-refractivity contribution in [1.29, 1.82) is 0 Å². The molecule has 0 unspecified atom stereocenters. The van der Waals surface area contributed by atoms with Crippen molar-refractivity contribution in [2.24, 2.45) is 0 Å². The van der Waals surface area contributed by atoms with Crippen LogP contribution in [0.1, 0.15) is 5.56 Å². The lowest BCUT2D eigenvalue weighted by Crippen LogP contribution is -2.28. The SMILES string of the molecule is COCCN(CCCl)Cc1ccc(O)cc1. The molecule has 1 N–H and O–H groups in total. The number of phenols is 1. The Morgan fingerprint density at radius 1 is 1.25 bits per heavy atom. The molecule has 1 rings (SSSR count). The Balaban J connectivity index is 2.49. The van der Waals surface area contributed by atoms with Gasteiger partial charge in [-0.05, 0) is 17.7 Å². The lowest BCUT2D eigenvalue weighted by atomic mass is 10.2. The maximum absolute atomic E-state index is 9.18. The number of hydrogen-bond acceptors (Lipinski definition) is 3. The van der Waals surface area contributed by atoms with E-state index in [2.05, 4.69) is 4.90 Å². The van der Waals surface area contributed by atoms with Crippen molar-refractivity contribution < 1.29 is 9.84 Å². The molecule has 0 aliphatic heterocycles. The summed E-state index contributed by atoms with van der Waals surface area (Å²) in [6.45, 7) is 3.24. The largest absolute Gasteiger partial charge is 0.508 e. The molecule has 4 heteroatoms. The molecule has 0 heterocycles. The van der Waals surface area contributed by atoms with Gasteiger partial charge < -0.3 is 9.84 Å². The van der Waals surface area contributed by atoms with Gasteiger partial charge in [0.25, 0.3) is 0 Å². The lowest BCUT2D eigenvalue weighted by molar-refractivity contribution is 0.148. The monoisotopic (exact) mass is 243 g/mol. The molecule has 0 aliphatic rings. The van der Waals surface area contributed by atoms with E-state index in [1.807, 2.05) is 12.1 Å². The van der Waals surface area contributed by atoms with Crippen LogP contribution in [-0.4, -0.2) is 42.7 Å². The molecular weight excluding hydrogens is 226 g/mol. The van der Waals surface area contributed by atoms with Crippen LogP contribution in [0.5, 0.6) is 5.75 Å². The second kappa shape index (κ2) is 7.49. The number of ether oxygens (including phenoxy) is 1. The molecule has 0 bridgehead atoms. The minimum absolute atomic E-state index is 0.296. The standard InChI is InChI=1S/C12H18ClNO2/c1-16-9-8-14(7-6-13)10-11-2-4-12(15)5-3-11/h2-5,15H,6-10H2,1H3. The highest BCUT2D eigenvalue weighted by Gasteiger charge is 2.04. The zero-order chi connectivity index (χ0) is 11.8. The summed E-state index contributed by atoms with van der Waals surface area (Å²) in [6.07, 6.45) is 0. The van der Waals surface area contributed by atoms with Gasteiger partial charge >= 0.3 is 0 Å². The summed E-state index contributed by atoms with van der Waals surface area (Å²) in [5, 5.41) is 9.18. The predicted octanol–water partition coefficient (Wildman–Crippen LogP) is 2.08. The van der Waals surface area contributed by atoms with E-state index in [0.29, 0.717) is 18.2 Å². The molecule has 0 radical (unpaired) electrons. The van der Waals surface area contributed by atoms with Crippen LogP contribution in [0.15, 0.2) is 24.3 Å². The number of nitrogens with zero attached hydrogens (tertiary/aromatic N) is 1. The molecule has 0 atom stereocenters. The average Bonchev–Trinajstić information content (AvgIpc) is 2.29. The van der Waals surface area contributed by atoms with Crippen molar-refractivity contribution in [2.75, 3.05) is 32.7 Å². The summed E-state index contributed by atoms with van der Waals surface area (Å²) in [5.74, 6) is 0.909. The molecule has 0 amide bonds. The van der Waals surface area contributed by atoms with Crippen LogP contribution in [0.2, 0.25) is 0 Å². The van der Waals surface area contributed by atoms with Gasteiger partial charge in [0.15, 0.2) is 0 Å². The van der Waals surface area contributed by atoms with E-state index in [9.17, 15) is 5.11 Å². The van der Waals surface area contributed by atoms with E-state index >= 15 is 0 Å². The molecule has 0 aromatic heterocycles. The Morgan fingerprint density at radius 2 is 1.94 bits per heavy atom. The average molecular weight is 244 g/mol. The van der Waals surface area contributed by atoms with E-state index in [4.69, 9.17) is 16.3 Å². The predicted molar refractivity (Wildman–Crippen MR) is 66.0 cm³/mol. The van der Waals surface area contributed by atoms with E-state index in [-0.39, 0.29) is 0 Å². The molecule has 0 aliphatic carbocycles. The van der Waals surface area contributed by atoms with Crippen LogP contribution in [0.4, 0.5) is 0 Å². The summed E-state index contributed by atoms with van der Waals surface area (Å²) < 4.78 is 5.05. The number of hydrogen-bond donors (Lipinski definition) is 1. The zero-order valence-electron chi connectivity index (χ0n) is 9.53. The normalized spacial score (nSPS) is 10.9. The van der Waals surface area contributed by atoms with E-state index in [1.165, 1.54) is 5.56 Å². The van der Waals surface area contributed by atoms with Crippen LogP contribution < -0.4 is 0 Å².